The van der Waals surface area contributed by atoms with Crippen molar-refractivity contribution in [3.8, 4) is 0 Å². The molecule has 0 saturated carbocycles. The van der Waals surface area contributed by atoms with Crippen molar-refractivity contribution in [3.63, 3.8) is 0 Å². The van der Waals surface area contributed by atoms with Crippen LogP contribution in [0.2, 0.25) is 0 Å². The molecule has 0 aromatic heterocycles. The summed E-state index contributed by atoms with van der Waals surface area (Å²) < 4.78 is 23.4. The van der Waals surface area contributed by atoms with Gasteiger partial charge in [0.1, 0.15) is 0 Å². The van der Waals surface area contributed by atoms with E-state index < -0.39 is 21.8 Å². The summed E-state index contributed by atoms with van der Waals surface area (Å²) in [5, 5.41) is 9.02. The van der Waals surface area contributed by atoms with Crippen molar-refractivity contribution in [2.24, 2.45) is 0 Å². The Balaban J connectivity index is 0.00000529. The quantitative estimate of drug-likeness (QED) is 0.637. The molecule has 1 N–H and O–H groups in total. The van der Waals surface area contributed by atoms with Crippen LogP contribution in [0.25, 0.3) is 0 Å². The summed E-state index contributed by atoms with van der Waals surface area (Å²) in [4.78, 5) is 27.1. The fourth-order valence-corrected chi connectivity index (χ4v) is 4.73. The zero-order valence-corrected chi connectivity index (χ0v) is 16.2. The van der Waals surface area contributed by atoms with Gasteiger partial charge >= 0.3 is 5.97 Å². The monoisotopic (exact) mass is 384 g/mol. The van der Waals surface area contributed by atoms with Crippen molar-refractivity contribution in [2.45, 2.75) is 52.1 Å². The zero-order chi connectivity index (χ0) is 17.6. The van der Waals surface area contributed by atoms with Crippen LogP contribution in [0.15, 0.2) is 0 Å². The molecule has 0 aromatic carbocycles. The van der Waals surface area contributed by atoms with E-state index in [-0.39, 0.29) is 42.4 Å². The van der Waals surface area contributed by atoms with Crippen molar-refractivity contribution >= 4 is 34.1 Å². The van der Waals surface area contributed by atoms with Gasteiger partial charge in [-0.25, -0.2) is 8.42 Å². The van der Waals surface area contributed by atoms with E-state index >= 15 is 0 Å². The molecule has 0 aromatic rings. The van der Waals surface area contributed by atoms with Crippen molar-refractivity contribution < 1.29 is 23.1 Å². The molecule has 1 aliphatic heterocycles. The smallest absolute Gasteiger partial charge is 0.317 e. The molecule has 0 bridgehead atoms. The fourth-order valence-electron chi connectivity index (χ4n) is 3.00. The highest BCUT2D eigenvalue weighted by atomic mass is 35.5. The first-order valence-electron chi connectivity index (χ1n) is 8.18. The van der Waals surface area contributed by atoms with Gasteiger partial charge in [-0.05, 0) is 32.7 Å². The summed E-state index contributed by atoms with van der Waals surface area (Å²) in [6, 6.07) is -0.857. The number of amides is 1. The van der Waals surface area contributed by atoms with Crippen molar-refractivity contribution in [2.75, 3.05) is 31.1 Å². The predicted octanol–water partition coefficient (Wildman–Crippen LogP) is 1.02. The molecule has 0 radical (unpaired) electrons. The minimum atomic E-state index is -3.07. The topological polar surface area (TPSA) is 95.0 Å². The van der Waals surface area contributed by atoms with Gasteiger partial charge in [-0.3, -0.25) is 14.5 Å². The number of nitrogens with zero attached hydrogens (tertiary/aromatic N) is 2. The zero-order valence-electron chi connectivity index (χ0n) is 14.6. The highest BCUT2D eigenvalue weighted by molar-refractivity contribution is 7.91. The first-order valence-corrected chi connectivity index (χ1v) is 10.0. The molecule has 1 saturated heterocycles. The first-order chi connectivity index (χ1) is 10.7. The van der Waals surface area contributed by atoms with Gasteiger partial charge in [-0.2, -0.15) is 0 Å². The number of carboxylic acid groups (broad SMARTS) is 1. The van der Waals surface area contributed by atoms with Crippen LogP contribution in [0.5, 0.6) is 0 Å². The van der Waals surface area contributed by atoms with Gasteiger partial charge in [-0.15, -0.1) is 12.4 Å². The molecular formula is C15H29ClN2O5S. The molecule has 2 atom stereocenters. The maximum atomic E-state index is 12.8. The molecule has 24 heavy (non-hydrogen) atoms. The number of sulfone groups is 1. The van der Waals surface area contributed by atoms with Gasteiger partial charge in [0, 0.05) is 12.6 Å². The lowest BCUT2D eigenvalue weighted by Crippen LogP contribution is -2.52. The molecular weight excluding hydrogens is 356 g/mol. The number of carbonyl (C=O) groups is 2. The van der Waals surface area contributed by atoms with Gasteiger partial charge in [0.05, 0.1) is 24.1 Å². The summed E-state index contributed by atoms with van der Waals surface area (Å²) >= 11 is 0. The lowest BCUT2D eigenvalue weighted by Gasteiger charge is -2.34. The van der Waals surface area contributed by atoms with Crippen molar-refractivity contribution in [1.82, 2.24) is 9.80 Å². The molecule has 142 valence electrons. The van der Waals surface area contributed by atoms with Crippen molar-refractivity contribution in [3.05, 3.63) is 0 Å². The van der Waals surface area contributed by atoms with Crippen LogP contribution >= 0.6 is 12.4 Å². The van der Waals surface area contributed by atoms with Gasteiger partial charge in [0.2, 0.25) is 5.91 Å². The lowest BCUT2D eigenvalue weighted by atomic mass is 10.1. The molecule has 0 aliphatic carbocycles. The summed E-state index contributed by atoms with van der Waals surface area (Å²) in [7, 11) is -3.07. The third kappa shape index (κ3) is 6.57. The Morgan fingerprint density at radius 1 is 1.21 bits per heavy atom. The standard InChI is InChI=1S/C15H28N2O5S.ClH/c1-4-7-16(10-14(18)19)12(3)15(20)17(8-5-2)13-6-9-23(21,22)11-13;/h12-13H,4-11H2,1-3H3,(H,18,19);1H. The van der Waals surface area contributed by atoms with Crippen LogP contribution < -0.4 is 0 Å². The molecule has 1 rings (SSSR count). The van der Waals surface area contributed by atoms with E-state index in [0.717, 1.165) is 12.8 Å². The van der Waals surface area contributed by atoms with Gasteiger partial charge in [-0.1, -0.05) is 13.8 Å². The van der Waals surface area contributed by atoms with E-state index in [4.69, 9.17) is 5.11 Å². The number of rotatable bonds is 9. The molecule has 0 spiro atoms. The number of carboxylic acids is 1. The Hall–Kier alpha value is -0.860. The van der Waals surface area contributed by atoms with Crippen molar-refractivity contribution in [1.29, 1.82) is 0 Å². The Morgan fingerprint density at radius 2 is 1.79 bits per heavy atom. The normalized spacial score (nSPS) is 20.4. The first kappa shape index (κ1) is 23.1. The summed E-state index contributed by atoms with van der Waals surface area (Å²) in [5.41, 5.74) is 0. The van der Waals surface area contributed by atoms with Crippen LogP contribution in [0.4, 0.5) is 0 Å². The molecule has 2 unspecified atom stereocenters. The number of halogens is 1. The molecule has 1 fully saturated rings. The summed E-state index contributed by atoms with van der Waals surface area (Å²) in [6.45, 7) is 6.39. The molecule has 7 nitrogen and oxygen atoms in total. The molecule has 1 amide bonds. The van der Waals surface area contributed by atoms with Gasteiger partial charge < -0.3 is 10.0 Å². The van der Waals surface area contributed by atoms with Gasteiger partial charge in [0.15, 0.2) is 9.84 Å². The minimum absolute atomic E-state index is 0. The second-order valence-corrected chi connectivity index (χ2v) is 8.36. The molecule has 1 heterocycles. The largest absolute Gasteiger partial charge is 0.480 e. The Labute approximate surface area is 150 Å². The molecule has 9 heteroatoms. The van der Waals surface area contributed by atoms with Crippen LogP contribution in [0.3, 0.4) is 0 Å². The third-order valence-corrected chi connectivity index (χ3v) is 5.90. The van der Waals surface area contributed by atoms with Gasteiger partial charge in [0.25, 0.3) is 0 Å². The Kier molecular flexibility index (Phi) is 9.84. The summed E-state index contributed by atoms with van der Waals surface area (Å²) in [5.74, 6) is -1.02. The maximum Gasteiger partial charge on any atom is 0.317 e. The summed E-state index contributed by atoms with van der Waals surface area (Å²) in [6.07, 6.45) is 1.95. The SMILES string of the molecule is CCCN(CC(=O)O)C(C)C(=O)N(CCC)C1CCS(=O)(=O)C1.Cl. The average molecular weight is 385 g/mol. The lowest BCUT2D eigenvalue weighted by molar-refractivity contribution is -0.143. The Morgan fingerprint density at radius 3 is 2.21 bits per heavy atom. The fraction of sp³-hybridized carbons (Fsp3) is 0.867. The van der Waals surface area contributed by atoms with Crippen LogP contribution in [0, 0.1) is 0 Å². The van der Waals surface area contributed by atoms with Crippen LogP contribution in [-0.4, -0.2) is 78.4 Å². The van der Waals surface area contributed by atoms with E-state index in [2.05, 4.69) is 0 Å². The molecule has 1 aliphatic rings. The number of aliphatic carboxylic acids is 1. The minimum Gasteiger partial charge on any atom is -0.480 e. The highest BCUT2D eigenvalue weighted by Crippen LogP contribution is 2.20. The number of carbonyl (C=O) groups excluding carboxylic acids is 1. The second kappa shape index (κ2) is 10.2. The predicted molar refractivity (Wildman–Crippen MR) is 95.3 cm³/mol. The Bertz CT molecular complexity index is 526. The third-order valence-electron chi connectivity index (χ3n) is 4.15. The number of hydrogen-bond acceptors (Lipinski definition) is 5. The highest BCUT2D eigenvalue weighted by Gasteiger charge is 2.36. The van der Waals surface area contributed by atoms with E-state index in [9.17, 15) is 18.0 Å². The average Bonchev–Trinajstić information content (AvgIpc) is 2.82. The van der Waals surface area contributed by atoms with Crippen LogP contribution in [0.1, 0.15) is 40.0 Å². The van der Waals surface area contributed by atoms with E-state index in [1.54, 1.807) is 16.7 Å². The second-order valence-electron chi connectivity index (χ2n) is 6.13. The number of hydrogen-bond donors (Lipinski definition) is 1. The van der Waals surface area contributed by atoms with E-state index in [1.807, 2.05) is 13.8 Å². The van der Waals surface area contributed by atoms with E-state index in [1.165, 1.54) is 0 Å². The van der Waals surface area contributed by atoms with E-state index in [0.29, 0.717) is 19.5 Å². The maximum absolute atomic E-state index is 12.8. The van der Waals surface area contributed by atoms with Crippen LogP contribution in [-0.2, 0) is 19.4 Å².